The average molecular weight is 430 g/mol. The summed E-state index contributed by atoms with van der Waals surface area (Å²) in [7, 11) is 1.49. The zero-order valence-corrected chi connectivity index (χ0v) is 18.3. The molecule has 0 fully saturated rings. The minimum absolute atomic E-state index is 0.0655. The zero-order valence-electron chi connectivity index (χ0n) is 18.3. The fourth-order valence-corrected chi connectivity index (χ4v) is 4.41. The maximum atomic E-state index is 12.8. The van der Waals surface area contributed by atoms with E-state index in [4.69, 9.17) is 4.74 Å². The first kappa shape index (κ1) is 21.6. The van der Waals surface area contributed by atoms with Crippen molar-refractivity contribution in [2.45, 2.75) is 31.7 Å². The monoisotopic (exact) mass is 429 g/mol. The molecule has 32 heavy (non-hydrogen) atoms. The Kier molecular flexibility index (Phi) is 6.26. The fraction of sp³-hybridized carbons (Fsp3) is 0.259. The molecule has 5 nitrogen and oxygen atoms in total. The van der Waals surface area contributed by atoms with Crippen LogP contribution < -0.4 is 0 Å². The topological polar surface area (TPSA) is 66.8 Å². The van der Waals surface area contributed by atoms with Gasteiger partial charge < -0.3 is 9.84 Å². The molecule has 1 aliphatic rings. The van der Waals surface area contributed by atoms with Gasteiger partial charge in [-0.1, -0.05) is 79.7 Å². The molecule has 0 spiro atoms. The van der Waals surface area contributed by atoms with Crippen molar-refractivity contribution in [3.05, 3.63) is 95.1 Å². The summed E-state index contributed by atoms with van der Waals surface area (Å²) in [6.07, 6.45) is 0.461. The Labute approximate surface area is 188 Å². The molecule has 0 bridgehead atoms. The number of hydrogen-bond acceptors (Lipinski definition) is 3. The van der Waals surface area contributed by atoms with Crippen molar-refractivity contribution in [2.75, 3.05) is 13.7 Å². The van der Waals surface area contributed by atoms with Gasteiger partial charge in [-0.2, -0.15) is 0 Å². The fourth-order valence-electron chi connectivity index (χ4n) is 4.41. The maximum Gasteiger partial charge on any atom is 0.410 e. The number of aryl methyl sites for hydroxylation is 1. The van der Waals surface area contributed by atoms with Gasteiger partial charge in [-0.05, 0) is 39.8 Å². The van der Waals surface area contributed by atoms with E-state index in [-0.39, 0.29) is 18.9 Å². The number of fused-ring (bicyclic) bond motifs is 3. The zero-order chi connectivity index (χ0) is 22.7. The van der Waals surface area contributed by atoms with Crippen LogP contribution >= 0.6 is 0 Å². The molecule has 0 radical (unpaired) electrons. The van der Waals surface area contributed by atoms with Crippen LogP contribution in [0.1, 0.15) is 35.1 Å². The summed E-state index contributed by atoms with van der Waals surface area (Å²) in [5.74, 6) is -1.12. The van der Waals surface area contributed by atoms with Crippen LogP contribution in [0.3, 0.4) is 0 Å². The van der Waals surface area contributed by atoms with Gasteiger partial charge in [0.15, 0.2) is 0 Å². The van der Waals surface area contributed by atoms with Gasteiger partial charge in [0.05, 0.1) is 0 Å². The van der Waals surface area contributed by atoms with Gasteiger partial charge in [-0.3, -0.25) is 4.90 Å². The lowest BCUT2D eigenvalue weighted by molar-refractivity contribution is -0.142. The van der Waals surface area contributed by atoms with Crippen LogP contribution in [0.25, 0.3) is 11.1 Å². The summed E-state index contributed by atoms with van der Waals surface area (Å²) < 4.78 is 5.64. The summed E-state index contributed by atoms with van der Waals surface area (Å²) in [5, 5.41) is 9.77. The van der Waals surface area contributed by atoms with Crippen molar-refractivity contribution >= 4 is 12.1 Å². The van der Waals surface area contributed by atoms with Crippen LogP contribution in [-0.4, -0.2) is 41.8 Å². The Morgan fingerprint density at radius 1 is 0.938 bits per heavy atom. The number of hydrogen-bond donors (Lipinski definition) is 1. The third-order valence-corrected chi connectivity index (χ3v) is 6.21. The van der Waals surface area contributed by atoms with E-state index in [9.17, 15) is 14.7 Å². The molecule has 1 amide bonds. The number of nitrogens with zero attached hydrogens (tertiary/aromatic N) is 1. The third-order valence-electron chi connectivity index (χ3n) is 6.21. The van der Waals surface area contributed by atoms with E-state index in [1.165, 1.54) is 11.9 Å². The predicted octanol–water partition coefficient (Wildman–Crippen LogP) is 5.13. The van der Waals surface area contributed by atoms with Crippen molar-refractivity contribution in [2.24, 2.45) is 0 Å². The van der Waals surface area contributed by atoms with Crippen LogP contribution in [0.2, 0.25) is 0 Å². The quantitative estimate of drug-likeness (QED) is 0.566. The molecule has 3 aromatic rings. The second kappa shape index (κ2) is 9.27. The normalized spacial score (nSPS) is 13.2. The van der Waals surface area contributed by atoms with E-state index < -0.39 is 18.1 Å². The molecule has 164 valence electrons. The number of aliphatic carboxylic acids is 1. The van der Waals surface area contributed by atoms with Crippen LogP contribution in [0.15, 0.2) is 72.8 Å². The molecule has 0 saturated carbocycles. The van der Waals surface area contributed by atoms with E-state index in [0.717, 1.165) is 39.8 Å². The number of likely N-dealkylation sites (N-methyl/N-ethyl adjacent to an activating group) is 1. The van der Waals surface area contributed by atoms with Crippen molar-refractivity contribution < 1.29 is 19.4 Å². The largest absolute Gasteiger partial charge is 0.480 e. The average Bonchev–Trinajstić information content (AvgIpc) is 3.14. The molecule has 5 heteroatoms. The third kappa shape index (κ3) is 4.24. The van der Waals surface area contributed by atoms with Gasteiger partial charge >= 0.3 is 12.1 Å². The molecule has 1 aliphatic carbocycles. The van der Waals surface area contributed by atoms with E-state index in [2.05, 4.69) is 31.2 Å². The lowest BCUT2D eigenvalue weighted by atomic mass is 9.98. The molecule has 0 aromatic heterocycles. The van der Waals surface area contributed by atoms with E-state index in [0.29, 0.717) is 0 Å². The minimum Gasteiger partial charge on any atom is -0.480 e. The Morgan fingerprint density at radius 3 is 2.12 bits per heavy atom. The number of carboxylic acid groups (broad SMARTS) is 1. The van der Waals surface area contributed by atoms with Gasteiger partial charge in [-0.25, -0.2) is 9.59 Å². The number of carbonyl (C=O) groups is 2. The summed E-state index contributed by atoms with van der Waals surface area (Å²) in [6, 6.07) is 23.0. The van der Waals surface area contributed by atoms with Gasteiger partial charge in [-0.15, -0.1) is 0 Å². The van der Waals surface area contributed by atoms with Gasteiger partial charge in [0.25, 0.3) is 0 Å². The van der Waals surface area contributed by atoms with Gasteiger partial charge in [0.2, 0.25) is 0 Å². The van der Waals surface area contributed by atoms with Crippen LogP contribution in [0.5, 0.6) is 0 Å². The second-order valence-electron chi connectivity index (χ2n) is 8.15. The Bertz CT molecular complexity index is 1090. The van der Waals surface area contributed by atoms with Gasteiger partial charge in [0, 0.05) is 19.4 Å². The molecule has 0 saturated heterocycles. The van der Waals surface area contributed by atoms with Crippen molar-refractivity contribution in [1.29, 1.82) is 0 Å². The lowest BCUT2D eigenvalue weighted by Gasteiger charge is -2.25. The Hall–Kier alpha value is -3.60. The summed E-state index contributed by atoms with van der Waals surface area (Å²) >= 11 is 0. The minimum atomic E-state index is -1.05. The van der Waals surface area contributed by atoms with Crippen LogP contribution in [0.4, 0.5) is 4.79 Å². The highest BCUT2D eigenvalue weighted by Gasteiger charge is 2.32. The number of benzene rings is 3. The highest BCUT2D eigenvalue weighted by Crippen LogP contribution is 2.44. The number of carbonyl (C=O) groups excluding carboxylic acids is 1. The van der Waals surface area contributed by atoms with Crippen molar-refractivity contribution in [3.8, 4) is 11.1 Å². The first-order chi connectivity index (χ1) is 15.5. The van der Waals surface area contributed by atoms with E-state index >= 15 is 0 Å². The molecular formula is C27H27NO4. The van der Waals surface area contributed by atoms with Gasteiger partial charge in [0.1, 0.15) is 12.6 Å². The number of rotatable bonds is 7. The first-order valence-electron chi connectivity index (χ1n) is 10.9. The Balaban J connectivity index is 1.47. The molecule has 4 rings (SSSR count). The first-order valence-corrected chi connectivity index (χ1v) is 10.9. The van der Waals surface area contributed by atoms with Crippen molar-refractivity contribution in [3.63, 3.8) is 0 Å². The number of carboxylic acids is 1. The second-order valence-corrected chi connectivity index (χ2v) is 8.15. The standard InChI is InChI=1S/C27H27NO4/c1-3-18-9-8-10-19(15-18)16-25(26(29)30)28(2)27(31)32-17-24-22-13-6-4-11-20(22)21-12-5-7-14-23(21)24/h4-15,24-25H,3,16-17H2,1-2H3,(H,29,30)/t25-/m0/s1. The van der Waals surface area contributed by atoms with E-state index in [1.807, 2.05) is 48.5 Å². The van der Waals surface area contributed by atoms with E-state index in [1.54, 1.807) is 0 Å². The molecule has 1 N–H and O–H groups in total. The SMILES string of the molecule is CCc1cccc(C[C@@H](C(=O)O)N(C)C(=O)OCC2c3ccccc3-c3ccccc32)c1. The summed E-state index contributed by atoms with van der Waals surface area (Å²) in [6.45, 7) is 2.21. The van der Waals surface area contributed by atoms with Crippen LogP contribution in [0, 0.1) is 0 Å². The molecule has 0 aliphatic heterocycles. The predicted molar refractivity (Wildman–Crippen MR) is 124 cm³/mol. The van der Waals surface area contributed by atoms with Crippen molar-refractivity contribution in [1.82, 2.24) is 4.90 Å². The molecular weight excluding hydrogens is 402 g/mol. The smallest absolute Gasteiger partial charge is 0.410 e. The highest BCUT2D eigenvalue weighted by atomic mass is 16.6. The highest BCUT2D eigenvalue weighted by molar-refractivity contribution is 5.81. The number of ether oxygens (including phenoxy) is 1. The summed E-state index contributed by atoms with van der Waals surface area (Å²) in [5.41, 5.74) is 6.56. The number of amides is 1. The summed E-state index contributed by atoms with van der Waals surface area (Å²) in [4.78, 5) is 26.0. The molecule has 0 heterocycles. The maximum absolute atomic E-state index is 12.8. The molecule has 0 unspecified atom stereocenters. The Morgan fingerprint density at radius 2 is 1.53 bits per heavy atom. The molecule has 1 atom stereocenters. The lowest BCUT2D eigenvalue weighted by Crippen LogP contribution is -2.44. The van der Waals surface area contributed by atoms with Crippen LogP contribution in [-0.2, 0) is 22.4 Å². The molecule has 3 aromatic carbocycles.